The van der Waals surface area contributed by atoms with Gasteiger partial charge in [0.15, 0.2) is 5.96 Å². The summed E-state index contributed by atoms with van der Waals surface area (Å²) >= 11 is 5.77. The number of hydrogen-bond acceptors (Lipinski definition) is 3. The van der Waals surface area contributed by atoms with E-state index in [1.807, 2.05) is 16.8 Å². The number of aromatic nitrogens is 3. The monoisotopic (exact) mass is 320 g/mol. The second-order valence-electron chi connectivity index (χ2n) is 4.73. The average Bonchev–Trinajstić information content (AvgIpc) is 3.02. The van der Waals surface area contributed by atoms with Crippen LogP contribution in [0.25, 0.3) is 0 Å². The van der Waals surface area contributed by atoms with Crippen molar-refractivity contribution < 1.29 is 0 Å². The lowest BCUT2D eigenvalue weighted by molar-refractivity contribution is 0.662. The van der Waals surface area contributed by atoms with Gasteiger partial charge in [0.2, 0.25) is 0 Å². The highest BCUT2D eigenvalue weighted by atomic mass is 35.5. The van der Waals surface area contributed by atoms with Gasteiger partial charge >= 0.3 is 0 Å². The number of nitrogens with one attached hydrogen (secondary N) is 2. The number of guanidine groups is 1. The van der Waals surface area contributed by atoms with Crippen LogP contribution in [0.5, 0.6) is 0 Å². The zero-order valence-electron chi connectivity index (χ0n) is 12.7. The zero-order chi connectivity index (χ0) is 15.6. The molecule has 2 aromatic rings. The van der Waals surface area contributed by atoms with E-state index in [4.69, 9.17) is 11.6 Å². The van der Waals surface area contributed by atoms with Crippen LogP contribution in [0.4, 0.5) is 0 Å². The van der Waals surface area contributed by atoms with E-state index in [0.29, 0.717) is 11.7 Å². The molecule has 0 saturated heterocycles. The average molecular weight is 321 g/mol. The van der Waals surface area contributed by atoms with Gasteiger partial charge in [0, 0.05) is 44.8 Å². The van der Waals surface area contributed by atoms with Crippen LogP contribution in [-0.4, -0.2) is 40.1 Å². The SMILES string of the molecule is CCNC(=NCCc1ccc(Cl)nc1)NCCn1ccnc1. The van der Waals surface area contributed by atoms with Crippen LogP contribution in [0, 0.1) is 0 Å². The molecular formula is C15H21ClN6. The molecular weight excluding hydrogens is 300 g/mol. The van der Waals surface area contributed by atoms with Crippen LogP contribution in [0.1, 0.15) is 12.5 Å². The number of rotatable bonds is 7. The lowest BCUT2D eigenvalue weighted by Crippen LogP contribution is -2.39. The van der Waals surface area contributed by atoms with E-state index in [1.165, 1.54) is 0 Å². The van der Waals surface area contributed by atoms with Crippen molar-refractivity contribution in [3.05, 3.63) is 47.8 Å². The third kappa shape index (κ3) is 5.73. The van der Waals surface area contributed by atoms with Gasteiger partial charge in [0.1, 0.15) is 5.15 Å². The number of aliphatic imine (C=N–C) groups is 1. The van der Waals surface area contributed by atoms with Crippen LogP contribution in [-0.2, 0) is 13.0 Å². The Balaban J connectivity index is 1.77. The molecule has 0 unspecified atom stereocenters. The Morgan fingerprint density at radius 1 is 1.36 bits per heavy atom. The third-order valence-corrected chi connectivity index (χ3v) is 3.25. The van der Waals surface area contributed by atoms with Crippen LogP contribution in [0.3, 0.4) is 0 Å². The van der Waals surface area contributed by atoms with E-state index >= 15 is 0 Å². The molecule has 118 valence electrons. The molecule has 0 saturated carbocycles. The van der Waals surface area contributed by atoms with Crippen molar-refractivity contribution in [2.24, 2.45) is 4.99 Å². The van der Waals surface area contributed by atoms with E-state index < -0.39 is 0 Å². The molecule has 0 fully saturated rings. The highest BCUT2D eigenvalue weighted by Crippen LogP contribution is 2.05. The Morgan fingerprint density at radius 3 is 2.95 bits per heavy atom. The molecule has 2 N–H and O–H groups in total. The minimum atomic E-state index is 0.516. The van der Waals surface area contributed by atoms with Gasteiger partial charge in [-0.2, -0.15) is 0 Å². The fraction of sp³-hybridized carbons (Fsp3) is 0.400. The van der Waals surface area contributed by atoms with Gasteiger partial charge in [-0.1, -0.05) is 17.7 Å². The first-order chi connectivity index (χ1) is 10.8. The summed E-state index contributed by atoms with van der Waals surface area (Å²) < 4.78 is 2.02. The van der Waals surface area contributed by atoms with Gasteiger partial charge in [-0.25, -0.2) is 9.97 Å². The largest absolute Gasteiger partial charge is 0.357 e. The summed E-state index contributed by atoms with van der Waals surface area (Å²) in [5.74, 6) is 0.824. The Hall–Kier alpha value is -2.08. The summed E-state index contributed by atoms with van der Waals surface area (Å²) in [5.41, 5.74) is 1.13. The first kappa shape index (κ1) is 16.3. The quantitative estimate of drug-likeness (QED) is 0.463. The lowest BCUT2D eigenvalue weighted by atomic mass is 10.2. The summed E-state index contributed by atoms with van der Waals surface area (Å²) in [6, 6.07) is 3.78. The standard InChI is InChI=1S/C15H21ClN6/c1-2-18-15(20-8-10-22-9-7-17-12-22)19-6-5-13-3-4-14(16)21-11-13/h3-4,7,9,11-12H,2,5-6,8,10H2,1H3,(H2,18,19,20). The van der Waals surface area contributed by atoms with Gasteiger partial charge in [-0.15, -0.1) is 0 Å². The highest BCUT2D eigenvalue weighted by Gasteiger charge is 1.98. The number of hydrogen-bond donors (Lipinski definition) is 2. The first-order valence-electron chi connectivity index (χ1n) is 7.36. The van der Waals surface area contributed by atoms with Gasteiger partial charge in [-0.3, -0.25) is 4.99 Å². The summed E-state index contributed by atoms with van der Waals surface area (Å²) in [6.45, 7) is 5.23. The van der Waals surface area contributed by atoms with Crippen molar-refractivity contribution in [1.29, 1.82) is 0 Å². The number of imidazole rings is 1. The number of pyridine rings is 1. The topological polar surface area (TPSA) is 67.1 Å². The normalized spacial score (nSPS) is 11.5. The maximum atomic E-state index is 5.77. The lowest BCUT2D eigenvalue weighted by Gasteiger charge is -2.11. The van der Waals surface area contributed by atoms with Crippen LogP contribution in [0.2, 0.25) is 5.15 Å². The Bertz CT molecular complexity index is 564. The minimum Gasteiger partial charge on any atom is -0.357 e. The molecule has 0 aliphatic rings. The second-order valence-corrected chi connectivity index (χ2v) is 5.11. The van der Waals surface area contributed by atoms with Gasteiger partial charge < -0.3 is 15.2 Å². The van der Waals surface area contributed by atoms with Gasteiger partial charge in [0.25, 0.3) is 0 Å². The van der Waals surface area contributed by atoms with E-state index in [-0.39, 0.29) is 0 Å². The molecule has 2 aromatic heterocycles. The van der Waals surface area contributed by atoms with E-state index in [2.05, 4.69) is 32.5 Å². The summed E-state index contributed by atoms with van der Waals surface area (Å²) in [6.07, 6.45) is 8.15. The Morgan fingerprint density at radius 2 is 2.27 bits per heavy atom. The molecule has 0 spiro atoms. The van der Waals surface area contributed by atoms with Gasteiger partial charge in [-0.05, 0) is 25.0 Å². The summed E-state index contributed by atoms with van der Waals surface area (Å²) in [7, 11) is 0. The molecule has 2 rings (SSSR count). The molecule has 7 heteroatoms. The zero-order valence-corrected chi connectivity index (χ0v) is 13.4. The van der Waals surface area contributed by atoms with Crippen LogP contribution < -0.4 is 10.6 Å². The molecule has 0 aliphatic heterocycles. The third-order valence-electron chi connectivity index (χ3n) is 3.02. The first-order valence-corrected chi connectivity index (χ1v) is 7.74. The van der Waals surface area contributed by atoms with Crippen molar-refractivity contribution in [3.63, 3.8) is 0 Å². The van der Waals surface area contributed by atoms with Crippen molar-refractivity contribution in [3.8, 4) is 0 Å². The molecule has 0 atom stereocenters. The molecule has 0 bridgehead atoms. The maximum Gasteiger partial charge on any atom is 0.191 e. The van der Waals surface area contributed by atoms with E-state index in [0.717, 1.165) is 37.6 Å². The molecule has 0 aromatic carbocycles. The molecule has 0 aliphatic carbocycles. The fourth-order valence-electron chi connectivity index (χ4n) is 1.92. The number of nitrogens with zero attached hydrogens (tertiary/aromatic N) is 4. The van der Waals surface area contributed by atoms with Crippen molar-refractivity contribution >= 4 is 17.6 Å². The second kappa shape index (κ2) is 9.04. The van der Waals surface area contributed by atoms with E-state index in [1.54, 1.807) is 24.8 Å². The predicted molar refractivity (Wildman–Crippen MR) is 89.2 cm³/mol. The Labute approximate surface area is 135 Å². The summed E-state index contributed by atoms with van der Waals surface area (Å²) in [4.78, 5) is 12.6. The molecule has 6 nitrogen and oxygen atoms in total. The molecule has 2 heterocycles. The highest BCUT2D eigenvalue weighted by molar-refractivity contribution is 6.29. The molecule has 0 amide bonds. The van der Waals surface area contributed by atoms with Crippen LogP contribution in [0.15, 0.2) is 42.0 Å². The molecule has 0 radical (unpaired) electrons. The fourth-order valence-corrected chi connectivity index (χ4v) is 2.03. The maximum absolute atomic E-state index is 5.77. The summed E-state index contributed by atoms with van der Waals surface area (Å²) in [5, 5.41) is 7.06. The van der Waals surface area contributed by atoms with E-state index in [9.17, 15) is 0 Å². The van der Waals surface area contributed by atoms with Crippen LogP contribution >= 0.6 is 11.6 Å². The predicted octanol–water partition coefficient (Wildman–Crippen LogP) is 1.73. The van der Waals surface area contributed by atoms with Crippen molar-refractivity contribution in [2.75, 3.05) is 19.6 Å². The molecule has 22 heavy (non-hydrogen) atoms. The minimum absolute atomic E-state index is 0.516. The number of halogens is 1. The van der Waals surface area contributed by atoms with Gasteiger partial charge in [0.05, 0.1) is 6.33 Å². The Kier molecular flexibility index (Phi) is 6.70. The van der Waals surface area contributed by atoms with Crippen molar-refractivity contribution in [1.82, 2.24) is 25.2 Å². The smallest absolute Gasteiger partial charge is 0.191 e. The van der Waals surface area contributed by atoms with Crippen molar-refractivity contribution in [2.45, 2.75) is 19.9 Å².